The van der Waals surface area contributed by atoms with Gasteiger partial charge in [0.05, 0.1) is 5.75 Å². The molecule has 0 radical (unpaired) electrons. The lowest BCUT2D eigenvalue weighted by molar-refractivity contribution is 0.335. The fourth-order valence-corrected chi connectivity index (χ4v) is 2.08. The van der Waals surface area contributed by atoms with E-state index in [0.29, 0.717) is 12.4 Å². The van der Waals surface area contributed by atoms with Crippen LogP contribution in [0.3, 0.4) is 0 Å². The largest absolute Gasteiger partial charge is 0.382 e. The first-order valence-electron chi connectivity index (χ1n) is 5.52. The average molecular weight is 260 g/mol. The predicted molar refractivity (Wildman–Crippen MR) is 68.5 cm³/mol. The molecule has 17 heavy (non-hydrogen) atoms. The van der Waals surface area contributed by atoms with Crippen LogP contribution in [-0.2, 0) is 16.4 Å². The van der Waals surface area contributed by atoms with E-state index in [1.807, 2.05) is 18.1 Å². The van der Waals surface area contributed by atoms with Gasteiger partial charge in [0.1, 0.15) is 15.7 Å². The Kier molecular flexibility index (Phi) is 4.95. The Hall–Kier alpha value is -1.08. The van der Waals surface area contributed by atoms with Gasteiger partial charge in [-0.3, -0.25) is 4.68 Å². The number of anilines is 1. The number of hydrogen-bond acceptors (Lipinski definition) is 5. The summed E-state index contributed by atoms with van der Waals surface area (Å²) in [5.41, 5.74) is 5.50. The molecule has 1 aromatic rings. The Bertz CT molecular complexity index is 441. The molecule has 6 nitrogen and oxygen atoms in total. The van der Waals surface area contributed by atoms with E-state index in [1.165, 1.54) is 6.26 Å². The highest BCUT2D eigenvalue weighted by Gasteiger charge is 2.05. The van der Waals surface area contributed by atoms with Crippen molar-refractivity contribution in [2.75, 3.05) is 37.9 Å². The SMILES string of the molecule is CN(CCCn1ccc(N)n1)CCS(C)(=O)=O. The van der Waals surface area contributed by atoms with Crippen molar-refractivity contribution in [3.05, 3.63) is 12.3 Å². The molecule has 0 aliphatic rings. The lowest BCUT2D eigenvalue weighted by atomic mass is 10.4. The number of nitrogens with two attached hydrogens (primary N) is 1. The van der Waals surface area contributed by atoms with E-state index in [1.54, 1.807) is 10.7 Å². The van der Waals surface area contributed by atoms with Crippen LogP contribution in [0, 0.1) is 0 Å². The molecule has 2 N–H and O–H groups in total. The quantitative estimate of drug-likeness (QED) is 0.736. The van der Waals surface area contributed by atoms with Gasteiger partial charge in [0.25, 0.3) is 0 Å². The van der Waals surface area contributed by atoms with Crippen LogP contribution in [0.2, 0.25) is 0 Å². The molecular formula is C10H20N4O2S. The normalized spacial score (nSPS) is 12.2. The van der Waals surface area contributed by atoms with Gasteiger partial charge in [0.15, 0.2) is 0 Å². The fourth-order valence-electron chi connectivity index (χ4n) is 1.44. The van der Waals surface area contributed by atoms with Crippen molar-refractivity contribution >= 4 is 15.7 Å². The molecule has 7 heteroatoms. The third kappa shape index (κ3) is 6.28. The summed E-state index contributed by atoms with van der Waals surface area (Å²) in [5.74, 6) is 0.730. The molecule has 0 saturated heterocycles. The molecule has 0 unspecified atom stereocenters. The molecule has 0 fully saturated rings. The van der Waals surface area contributed by atoms with Crippen LogP contribution in [0.4, 0.5) is 5.82 Å². The van der Waals surface area contributed by atoms with Crippen molar-refractivity contribution in [1.29, 1.82) is 0 Å². The molecule has 1 rings (SSSR count). The maximum absolute atomic E-state index is 11.0. The van der Waals surface area contributed by atoms with Crippen LogP contribution in [0.5, 0.6) is 0 Å². The number of sulfone groups is 1. The van der Waals surface area contributed by atoms with Gasteiger partial charge in [-0.15, -0.1) is 0 Å². The third-order valence-electron chi connectivity index (χ3n) is 2.43. The van der Waals surface area contributed by atoms with Crippen molar-refractivity contribution in [2.45, 2.75) is 13.0 Å². The van der Waals surface area contributed by atoms with Gasteiger partial charge in [-0.05, 0) is 26.1 Å². The first-order chi connectivity index (χ1) is 7.87. The number of aryl methyl sites for hydroxylation is 1. The van der Waals surface area contributed by atoms with Crippen molar-refractivity contribution in [3.63, 3.8) is 0 Å². The number of hydrogen-bond donors (Lipinski definition) is 1. The molecule has 1 aromatic heterocycles. The maximum Gasteiger partial charge on any atom is 0.148 e. The number of rotatable bonds is 7. The van der Waals surface area contributed by atoms with Crippen LogP contribution in [-0.4, -0.2) is 55.2 Å². The highest BCUT2D eigenvalue weighted by molar-refractivity contribution is 7.90. The Morgan fingerprint density at radius 1 is 1.47 bits per heavy atom. The second-order valence-corrected chi connectivity index (χ2v) is 6.55. The summed E-state index contributed by atoms with van der Waals surface area (Å²) in [7, 11) is -0.950. The Balaban J connectivity index is 2.18. The lowest BCUT2D eigenvalue weighted by Crippen LogP contribution is -2.26. The summed E-state index contributed by atoms with van der Waals surface area (Å²) in [6.45, 7) is 2.20. The number of nitrogen functional groups attached to an aromatic ring is 1. The van der Waals surface area contributed by atoms with Crippen molar-refractivity contribution < 1.29 is 8.42 Å². The molecule has 0 bridgehead atoms. The second kappa shape index (κ2) is 6.02. The van der Waals surface area contributed by atoms with Crippen LogP contribution in [0.25, 0.3) is 0 Å². The van der Waals surface area contributed by atoms with E-state index in [2.05, 4.69) is 5.10 Å². The highest BCUT2D eigenvalue weighted by Crippen LogP contribution is 1.98. The fraction of sp³-hybridized carbons (Fsp3) is 0.700. The molecule has 0 spiro atoms. The van der Waals surface area contributed by atoms with Crippen LogP contribution in [0.15, 0.2) is 12.3 Å². The van der Waals surface area contributed by atoms with E-state index in [-0.39, 0.29) is 5.75 Å². The van der Waals surface area contributed by atoms with E-state index in [4.69, 9.17) is 5.73 Å². The van der Waals surface area contributed by atoms with E-state index < -0.39 is 9.84 Å². The molecule has 1 heterocycles. The van der Waals surface area contributed by atoms with Crippen molar-refractivity contribution in [3.8, 4) is 0 Å². The minimum absolute atomic E-state index is 0.207. The van der Waals surface area contributed by atoms with Crippen LogP contribution in [0.1, 0.15) is 6.42 Å². The highest BCUT2D eigenvalue weighted by atomic mass is 32.2. The lowest BCUT2D eigenvalue weighted by Gasteiger charge is -2.15. The summed E-state index contributed by atoms with van der Waals surface area (Å²) in [6.07, 6.45) is 4.01. The minimum atomic E-state index is -2.87. The van der Waals surface area contributed by atoms with E-state index >= 15 is 0 Å². The van der Waals surface area contributed by atoms with Crippen molar-refractivity contribution in [1.82, 2.24) is 14.7 Å². The molecule has 98 valence electrons. The molecular weight excluding hydrogens is 240 g/mol. The summed E-state index contributed by atoms with van der Waals surface area (Å²) in [5, 5.41) is 4.07. The molecule has 0 aliphatic carbocycles. The van der Waals surface area contributed by atoms with Gasteiger partial charge in [0.2, 0.25) is 0 Å². The third-order valence-corrected chi connectivity index (χ3v) is 3.36. The van der Waals surface area contributed by atoms with Gasteiger partial charge in [-0.2, -0.15) is 5.10 Å². The Morgan fingerprint density at radius 3 is 2.71 bits per heavy atom. The number of nitrogens with zero attached hydrogens (tertiary/aromatic N) is 3. The van der Waals surface area contributed by atoms with Gasteiger partial charge in [-0.1, -0.05) is 0 Å². The van der Waals surface area contributed by atoms with Gasteiger partial charge in [0, 0.05) is 25.5 Å². The van der Waals surface area contributed by atoms with Gasteiger partial charge in [-0.25, -0.2) is 8.42 Å². The number of aromatic nitrogens is 2. The first-order valence-corrected chi connectivity index (χ1v) is 7.58. The van der Waals surface area contributed by atoms with Crippen LogP contribution >= 0.6 is 0 Å². The Morgan fingerprint density at radius 2 is 2.18 bits per heavy atom. The van der Waals surface area contributed by atoms with E-state index in [9.17, 15) is 8.42 Å². The van der Waals surface area contributed by atoms with Gasteiger partial charge >= 0.3 is 0 Å². The summed E-state index contributed by atoms with van der Waals surface area (Å²) < 4.78 is 23.7. The summed E-state index contributed by atoms with van der Waals surface area (Å²) in [6, 6.07) is 1.76. The van der Waals surface area contributed by atoms with E-state index in [0.717, 1.165) is 19.5 Å². The average Bonchev–Trinajstić information content (AvgIpc) is 2.60. The van der Waals surface area contributed by atoms with Gasteiger partial charge < -0.3 is 10.6 Å². The Labute approximate surface area is 102 Å². The summed E-state index contributed by atoms with van der Waals surface area (Å²) in [4.78, 5) is 2.01. The second-order valence-electron chi connectivity index (χ2n) is 4.29. The monoisotopic (exact) mass is 260 g/mol. The molecule has 0 saturated carbocycles. The predicted octanol–water partition coefficient (Wildman–Crippen LogP) is -0.168. The first kappa shape index (κ1) is 14.0. The minimum Gasteiger partial charge on any atom is -0.382 e. The van der Waals surface area contributed by atoms with Crippen molar-refractivity contribution in [2.24, 2.45) is 0 Å². The van der Waals surface area contributed by atoms with Crippen LogP contribution < -0.4 is 5.73 Å². The zero-order valence-corrected chi connectivity index (χ0v) is 11.2. The summed E-state index contributed by atoms with van der Waals surface area (Å²) >= 11 is 0. The standard InChI is InChI=1S/C10H20N4O2S/c1-13(8-9-17(2,15)16)5-3-6-14-7-4-10(11)12-14/h4,7H,3,5-6,8-9H2,1-2H3,(H2,11,12). The molecule has 0 amide bonds. The molecule has 0 aliphatic heterocycles. The topological polar surface area (TPSA) is 81.2 Å². The smallest absolute Gasteiger partial charge is 0.148 e. The zero-order valence-electron chi connectivity index (χ0n) is 10.3. The molecule has 0 aromatic carbocycles. The maximum atomic E-state index is 11.0. The zero-order chi connectivity index (χ0) is 12.9. The molecule has 0 atom stereocenters.